The van der Waals surface area contributed by atoms with Crippen LogP contribution in [0.5, 0.6) is 11.5 Å². The van der Waals surface area contributed by atoms with Crippen LogP contribution in [0.25, 0.3) is 10.8 Å². The first kappa shape index (κ1) is 23.7. The highest BCUT2D eigenvalue weighted by atomic mass is 16.7. The summed E-state index contributed by atoms with van der Waals surface area (Å²) in [6, 6.07) is 12.9. The summed E-state index contributed by atoms with van der Waals surface area (Å²) in [6.45, 7) is 3.45. The van der Waals surface area contributed by atoms with Crippen LogP contribution in [-0.4, -0.2) is 48.0 Å². The van der Waals surface area contributed by atoms with Crippen LogP contribution in [0.2, 0.25) is 0 Å². The van der Waals surface area contributed by atoms with Crippen LogP contribution in [0.15, 0.2) is 53.5 Å². The largest absolute Gasteiger partial charge is 0.454 e. The number of ether oxygens (including phenoxy) is 3. The summed E-state index contributed by atoms with van der Waals surface area (Å²) in [5, 5.41) is 4.22. The minimum absolute atomic E-state index is 0.00697. The van der Waals surface area contributed by atoms with Gasteiger partial charge in [-0.3, -0.25) is 9.59 Å². The highest BCUT2D eigenvalue weighted by molar-refractivity contribution is 6.01. The number of carbonyl (C=O) groups is 2. The smallest absolute Gasteiger partial charge is 0.409 e. The molecule has 1 saturated heterocycles. The fraction of sp³-hybridized carbons (Fsp3) is 0.370. The number of nitrogens with zero attached hydrogens (tertiary/aromatic N) is 2. The topological polar surface area (TPSA) is 99.1 Å². The van der Waals surface area contributed by atoms with E-state index in [0.717, 1.165) is 5.56 Å². The van der Waals surface area contributed by atoms with Crippen molar-refractivity contribution in [2.45, 2.75) is 38.6 Å². The second-order valence-corrected chi connectivity index (χ2v) is 8.95. The molecule has 0 saturated carbocycles. The van der Waals surface area contributed by atoms with E-state index in [1.54, 1.807) is 34.7 Å². The lowest BCUT2D eigenvalue weighted by atomic mass is 10.0. The van der Waals surface area contributed by atoms with Crippen LogP contribution in [0.3, 0.4) is 0 Å². The number of hydrogen-bond acceptors (Lipinski definition) is 6. The lowest BCUT2D eigenvalue weighted by molar-refractivity contribution is -0.116. The van der Waals surface area contributed by atoms with Crippen molar-refractivity contribution in [1.29, 1.82) is 0 Å². The van der Waals surface area contributed by atoms with Gasteiger partial charge in [-0.15, -0.1) is 0 Å². The molecule has 1 fully saturated rings. The van der Waals surface area contributed by atoms with Crippen molar-refractivity contribution in [2.24, 2.45) is 0 Å². The highest BCUT2D eigenvalue weighted by Gasteiger charge is 2.25. The molecule has 0 spiro atoms. The Morgan fingerprint density at radius 2 is 1.86 bits per heavy atom. The summed E-state index contributed by atoms with van der Waals surface area (Å²) in [5.74, 6) is 1.29. The number of amides is 2. The SMILES string of the molecule is CCOC(=O)N1CCC(n2ccc3c(NC(=O)CCc4ccc5c(c4)OCO5)cccc3c2=O)CC1. The maximum atomic E-state index is 13.3. The Morgan fingerprint density at radius 3 is 2.67 bits per heavy atom. The second kappa shape index (κ2) is 10.3. The average molecular weight is 492 g/mol. The Bertz CT molecular complexity index is 1340. The van der Waals surface area contributed by atoms with Gasteiger partial charge < -0.3 is 29.0 Å². The predicted octanol–water partition coefficient (Wildman–Crippen LogP) is 4.09. The number of aryl methyl sites for hydroxylation is 1. The second-order valence-electron chi connectivity index (χ2n) is 8.95. The van der Waals surface area contributed by atoms with Gasteiger partial charge in [-0.1, -0.05) is 12.1 Å². The number of benzene rings is 2. The third-order valence-electron chi connectivity index (χ3n) is 6.71. The molecule has 1 N–H and O–H groups in total. The minimum Gasteiger partial charge on any atom is -0.454 e. The first-order valence-electron chi connectivity index (χ1n) is 12.3. The van der Waals surface area contributed by atoms with Crippen molar-refractivity contribution in [3.05, 3.63) is 64.6 Å². The zero-order valence-corrected chi connectivity index (χ0v) is 20.2. The van der Waals surface area contributed by atoms with Gasteiger partial charge in [-0.2, -0.15) is 0 Å². The van der Waals surface area contributed by atoms with E-state index in [9.17, 15) is 14.4 Å². The molecule has 2 aliphatic heterocycles. The van der Waals surface area contributed by atoms with Crippen molar-refractivity contribution in [1.82, 2.24) is 9.47 Å². The number of aromatic nitrogens is 1. The molecule has 1 aromatic heterocycles. The van der Waals surface area contributed by atoms with E-state index in [2.05, 4.69) is 5.32 Å². The number of likely N-dealkylation sites (tertiary alicyclic amines) is 1. The van der Waals surface area contributed by atoms with Gasteiger partial charge in [0.25, 0.3) is 5.56 Å². The van der Waals surface area contributed by atoms with Crippen molar-refractivity contribution in [3.63, 3.8) is 0 Å². The first-order chi connectivity index (χ1) is 17.5. The molecule has 9 heteroatoms. The molecule has 9 nitrogen and oxygen atoms in total. The Hall–Kier alpha value is -4.01. The Labute approximate surface area is 208 Å². The monoisotopic (exact) mass is 491 g/mol. The third-order valence-corrected chi connectivity index (χ3v) is 6.71. The van der Waals surface area contributed by atoms with Gasteiger partial charge in [0.2, 0.25) is 12.7 Å². The van der Waals surface area contributed by atoms with E-state index in [1.807, 2.05) is 30.3 Å². The molecule has 5 rings (SSSR count). The molecule has 2 amide bonds. The molecule has 0 unspecified atom stereocenters. The summed E-state index contributed by atoms with van der Waals surface area (Å²) in [4.78, 5) is 39.7. The number of rotatable bonds is 6. The van der Waals surface area contributed by atoms with E-state index < -0.39 is 0 Å². The van der Waals surface area contributed by atoms with Gasteiger partial charge >= 0.3 is 6.09 Å². The summed E-state index contributed by atoms with van der Waals surface area (Å²) < 4.78 is 17.6. The number of carbonyl (C=O) groups excluding carboxylic acids is 2. The molecule has 2 aromatic carbocycles. The quantitative estimate of drug-likeness (QED) is 0.558. The maximum Gasteiger partial charge on any atom is 0.409 e. The molecule has 2 aliphatic rings. The van der Waals surface area contributed by atoms with Gasteiger partial charge in [0.05, 0.1) is 6.61 Å². The van der Waals surface area contributed by atoms with Gasteiger partial charge in [0, 0.05) is 48.2 Å². The van der Waals surface area contributed by atoms with Crippen molar-refractivity contribution in [2.75, 3.05) is 31.8 Å². The predicted molar refractivity (Wildman–Crippen MR) is 135 cm³/mol. The van der Waals surface area contributed by atoms with E-state index in [0.29, 0.717) is 73.3 Å². The van der Waals surface area contributed by atoms with Crippen molar-refractivity contribution in [3.8, 4) is 11.5 Å². The van der Waals surface area contributed by atoms with Crippen LogP contribution in [0.1, 0.15) is 37.8 Å². The summed E-state index contributed by atoms with van der Waals surface area (Å²) in [7, 11) is 0. The Morgan fingerprint density at radius 1 is 1.06 bits per heavy atom. The van der Waals surface area contributed by atoms with E-state index >= 15 is 0 Å². The van der Waals surface area contributed by atoms with Crippen LogP contribution in [-0.2, 0) is 16.0 Å². The standard InChI is InChI=1S/C27H29N3O6/c1-2-34-27(33)29-13-10-19(11-14-29)30-15-12-20-21(26(30)32)4-3-5-22(20)28-25(31)9-7-18-6-8-23-24(16-18)36-17-35-23/h3-6,8,12,15-16,19H,2,7,9-11,13-14,17H2,1H3,(H,28,31). The van der Waals surface area contributed by atoms with Crippen LogP contribution >= 0.6 is 0 Å². The first-order valence-corrected chi connectivity index (χ1v) is 12.3. The number of piperidine rings is 1. The number of anilines is 1. The number of hydrogen-bond donors (Lipinski definition) is 1. The lowest BCUT2D eigenvalue weighted by Crippen LogP contribution is -2.41. The molecular formula is C27H29N3O6. The molecule has 36 heavy (non-hydrogen) atoms. The van der Waals surface area contributed by atoms with E-state index in [-0.39, 0.29) is 30.4 Å². The van der Waals surface area contributed by atoms with Crippen molar-refractivity contribution >= 4 is 28.5 Å². The van der Waals surface area contributed by atoms with Crippen LogP contribution < -0.4 is 20.3 Å². The molecule has 3 heterocycles. The summed E-state index contributed by atoms with van der Waals surface area (Å²) >= 11 is 0. The molecule has 0 aliphatic carbocycles. The highest BCUT2D eigenvalue weighted by Crippen LogP contribution is 2.33. The number of nitrogens with one attached hydrogen (secondary N) is 1. The van der Waals surface area contributed by atoms with E-state index in [1.165, 1.54) is 0 Å². The summed E-state index contributed by atoms with van der Waals surface area (Å²) in [5.41, 5.74) is 1.51. The van der Waals surface area contributed by atoms with Gasteiger partial charge in [-0.25, -0.2) is 4.79 Å². The molecule has 188 valence electrons. The Balaban J connectivity index is 1.25. The van der Waals surface area contributed by atoms with Crippen LogP contribution in [0, 0.1) is 0 Å². The third kappa shape index (κ3) is 4.86. The fourth-order valence-electron chi connectivity index (χ4n) is 4.80. The lowest BCUT2D eigenvalue weighted by Gasteiger charge is -2.32. The average Bonchev–Trinajstić information content (AvgIpc) is 3.36. The normalized spacial score (nSPS) is 15.2. The van der Waals surface area contributed by atoms with E-state index in [4.69, 9.17) is 14.2 Å². The number of fused-ring (bicyclic) bond motifs is 2. The van der Waals surface area contributed by atoms with Gasteiger partial charge in [0.1, 0.15) is 0 Å². The molecule has 0 atom stereocenters. The Kier molecular flexibility index (Phi) is 6.79. The van der Waals surface area contributed by atoms with Gasteiger partial charge in [-0.05, 0) is 62.1 Å². The van der Waals surface area contributed by atoms with Crippen molar-refractivity contribution < 1.29 is 23.8 Å². The number of pyridine rings is 1. The maximum absolute atomic E-state index is 13.3. The zero-order chi connectivity index (χ0) is 25.1. The molecular weight excluding hydrogens is 462 g/mol. The fourth-order valence-corrected chi connectivity index (χ4v) is 4.80. The van der Waals surface area contributed by atoms with Gasteiger partial charge in [0.15, 0.2) is 11.5 Å². The zero-order valence-electron chi connectivity index (χ0n) is 20.2. The minimum atomic E-state index is -0.305. The molecule has 0 bridgehead atoms. The summed E-state index contributed by atoms with van der Waals surface area (Å²) in [6.07, 6.45) is 3.70. The van der Waals surface area contributed by atoms with Crippen LogP contribution in [0.4, 0.5) is 10.5 Å². The molecule has 3 aromatic rings. The molecule has 0 radical (unpaired) electrons.